The number of allylic oxidation sites excluding steroid dienone is 2. The molecular weight excluding hydrogens is 268 g/mol. The van der Waals surface area contributed by atoms with Crippen LogP contribution >= 0.6 is 0 Å². The van der Waals surface area contributed by atoms with E-state index in [1.54, 1.807) is 0 Å². The molecule has 118 valence electrons. The molecule has 0 saturated heterocycles. The third-order valence-electron chi connectivity index (χ3n) is 4.13. The first-order valence-corrected chi connectivity index (χ1v) is 8.10. The van der Waals surface area contributed by atoms with Gasteiger partial charge in [0.15, 0.2) is 0 Å². The number of carbonyl (C=O) groups excluding carboxylic acids is 1. The second kappa shape index (κ2) is 7.59. The van der Waals surface area contributed by atoms with E-state index in [4.69, 9.17) is 5.11 Å². The fourth-order valence-corrected chi connectivity index (χ4v) is 2.87. The monoisotopic (exact) mass is 294 g/mol. The maximum Gasteiger partial charge on any atom is 0.320 e. The summed E-state index contributed by atoms with van der Waals surface area (Å²) in [6, 6.07) is -0.279. The summed E-state index contributed by atoms with van der Waals surface area (Å²) in [7, 11) is 0. The van der Waals surface area contributed by atoms with Crippen LogP contribution in [0.25, 0.3) is 0 Å². The van der Waals surface area contributed by atoms with Crippen molar-refractivity contribution in [3.05, 3.63) is 11.8 Å². The molecule has 0 aromatic heterocycles. The predicted octanol–water partition coefficient (Wildman–Crippen LogP) is 2.28. The van der Waals surface area contributed by atoms with Gasteiger partial charge in [-0.3, -0.25) is 14.9 Å². The summed E-state index contributed by atoms with van der Waals surface area (Å²) in [6.45, 7) is 2.06. The van der Waals surface area contributed by atoms with Crippen molar-refractivity contribution in [2.75, 3.05) is 6.54 Å². The summed E-state index contributed by atoms with van der Waals surface area (Å²) in [5, 5.41) is 12.0. The van der Waals surface area contributed by atoms with Crippen LogP contribution in [0.4, 0.5) is 0 Å². The summed E-state index contributed by atoms with van der Waals surface area (Å²) in [5.41, 5.74) is 1.15. The minimum atomic E-state index is -0.875. The molecule has 0 radical (unpaired) electrons. The first-order chi connectivity index (χ1) is 10.1. The number of aliphatic carboxylic acids is 1. The van der Waals surface area contributed by atoms with E-state index in [1.165, 1.54) is 6.42 Å². The third-order valence-corrected chi connectivity index (χ3v) is 4.13. The average molecular weight is 294 g/mol. The summed E-state index contributed by atoms with van der Waals surface area (Å²) in [5.74, 6) is -0.854. The highest BCUT2D eigenvalue weighted by molar-refractivity contribution is 5.82. The Hall–Kier alpha value is -1.36. The molecule has 1 amide bonds. The zero-order valence-electron chi connectivity index (χ0n) is 12.8. The van der Waals surface area contributed by atoms with E-state index in [9.17, 15) is 9.59 Å². The van der Waals surface area contributed by atoms with Crippen molar-refractivity contribution in [2.24, 2.45) is 0 Å². The summed E-state index contributed by atoms with van der Waals surface area (Å²) in [6.07, 6.45) is 10.0. The van der Waals surface area contributed by atoms with Gasteiger partial charge < -0.3 is 10.0 Å². The largest absolute Gasteiger partial charge is 0.480 e. The Morgan fingerprint density at radius 1 is 1.43 bits per heavy atom. The summed E-state index contributed by atoms with van der Waals surface area (Å²) in [4.78, 5) is 25.5. The van der Waals surface area contributed by atoms with Crippen molar-refractivity contribution >= 4 is 11.9 Å². The standard InChI is InChI=1S/C16H26N2O3/c1-2-6-14(16(20)21)17-11-15(19)18(13-9-10-13)12-7-4-3-5-8-12/h7,13-14,17H,2-6,8-11H2,1H3,(H,20,21). The number of nitrogens with one attached hydrogen (secondary N) is 1. The molecule has 0 aromatic rings. The second-order valence-electron chi connectivity index (χ2n) is 6.00. The van der Waals surface area contributed by atoms with Gasteiger partial charge in [0.2, 0.25) is 5.91 Å². The molecular formula is C16H26N2O3. The maximum atomic E-state index is 12.5. The molecule has 2 aliphatic rings. The van der Waals surface area contributed by atoms with E-state index in [0.29, 0.717) is 12.5 Å². The maximum absolute atomic E-state index is 12.5. The van der Waals surface area contributed by atoms with Crippen LogP contribution in [-0.4, -0.2) is 40.5 Å². The number of rotatable bonds is 8. The fraction of sp³-hybridized carbons (Fsp3) is 0.750. The Morgan fingerprint density at radius 2 is 2.19 bits per heavy atom. The quantitative estimate of drug-likeness (QED) is 0.720. The molecule has 0 bridgehead atoms. The SMILES string of the molecule is CCCC(NCC(=O)N(C1=CCCCC1)C1CC1)C(=O)O. The number of carboxylic acid groups (broad SMARTS) is 1. The van der Waals surface area contributed by atoms with Crippen LogP contribution in [0.3, 0.4) is 0 Å². The van der Waals surface area contributed by atoms with Crippen molar-refractivity contribution in [2.45, 2.75) is 70.4 Å². The predicted molar refractivity (Wildman–Crippen MR) is 80.8 cm³/mol. The lowest BCUT2D eigenvalue weighted by Gasteiger charge is -2.28. The first kappa shape index (κ1) is 16.0. The van der Waals surface area contributed by atoms with Crippen molar-refractivity contribution < 1.29 is 14.7 Å². The zero-order valence-corrected chi connectivity index (χ0v) is 12.8. The van der Waals surface area contributed by atoms with Crippen LogP contribution in [0.2, 0.25) is 0 Å². The van der Waals surface area contributed by atoms with Gasteiger partial charge >= 0.3 is 5.97 Å². The highest BCUT2D eigenvalue weighted by atomic mass is 16.4. The summed E-state index contributed by atoms with van der Waals surface area (Å²) < 4.78 is 0. The Balaban J connectivity index is 1.92. The van der Waals surface area contributed by atoms with E-state index >= 15 is 0 Å². The van der Waals surface area contributed by atoms with E-state index in [-0.39, 0.29) is 12.5 Å². The Kier molecular flexibility index (Phi) is 5.79. The van der Waals surface area contributed by atoms with Crippen LogP contribution in [0.15, 0.2) is 11.8 Å². The van der Waals surface area contributed by atoms with Gasteiger partial charge in [-0.25, -0.2) is 0 Å². The van der Waals surface area contributed by atoms with Crippen LogP contribution in [-0.2, 0) is 9.59 Å². The third kappa shape index (κ3) is 4.56. The molecule has 0 aromatic carbocycles. The van der Waals surface area contributed by atoms with E-state index < -0.39 is 12.0 Å². The van der Waals surface area contributed by atoms with Gasteiger partial charge in [0.25, 0.3) is 0 Å². The van der Waals surface area contributed by atoms with Crippen molar-refractivity contribution in [1.29, 1.82) is 0 Å². The van der Waals surface area contributed by atoms with Gasteiger partial charge in [0.1, 0.15) is 6.04 Å². The van der Waals surface area contributed by atoms with Crippen LogP contribution in [0, 0.1) is 0 Å². The minimum absolute atomic E-state index is 0.0213. The summed E-state index contributed by atoms with van der Waals surface area (Å²) >= 11 is 0. The lowest BCUT2D eigenvalue weighted by molar-refractivity contribution is -0.140. The average Bonchev–Trinajstić information content (AvgIpc) is 3.29. The Labute approximate surface area is 126 Å². The molecule has 21 heavy (non-hydrogen) atoms. The molecule has 5 nitrogen and oxygen atoms in total. The topological polar surface area (TPSA) is 69.6 Å². The van der Waals surface area contributed by atoms with E-state index in [0.717, 1.165) is 44.2 Å². The number of nitrogens with zero attached hydrogens (tertiary/aromatic N) is 1. The van der Waals surface area contributed by atoms with Crippen molar-refractivity contribution in [1.82, 2.24) is 10.2 Å². The van der Waals surface area contributed by atoms with Crippen molar-refractivity contribution in [3.63, 3.8) is 0 Å². The molecule has 2 rings (SSSR count). The van der Waals surface area contributed by atoms with Gasteiger partial charge in [-0.05, 0) is 44.9 Å². The van der Waals surface area contributed by atoms with Crippen LogP contribution in [0.5, 0.6) is 0 Å². The molecule has 2 N–H and O–H groups in total. The first-order valence-electron chi connectivity index (χ1n) is 8.10. The highest BCUT2D eigenvalue weighted by Gasteiger charge is 2.35. The van der Waals surface area contributed by atoms with Gasteiger partial charge in [-0.2, -0.15) is 0 Å². The number of hydrogen-bond donors (Lipinski definition) is 2. The number of amides is 1. The molecule has 1 atom stereocenters. The molecule has 1 saturated carbocycles. The Bertz CT molecular complexity index is 416. The lowest BCUT2D eigenvalue weighted by atomic mass is 10.0. The highest BCUT2D eigenvalue weighted by Crippen LogP contribution is 2.33. The van der Waals surface area contributed by atoms with Crippen LogP contribution < -0.4 is 5.32 Å². The number of carboxylic acids is 1. The molecule has 0 spiro atoms. The van der Waals surface area contributed by atoms with E-state index in [2.05, 4.69) is 11.4 Å². The number of hydrogen-bond acceptors (Lipinski definition) is 3. The second-order valence-corrected chi connectivity index (χ2v) is 6.00. The normalized spacial score (nSPS) is 19.8. The zero-order chi connectivity index (χ0) is 15.2. The van der Waals surface area contributed by atoms with Crippen molar-refractivity contribution in [3.8, 4) is 0 Å². The fourth-order valence-electron chi connectivity index (χ4n) is 2.87. The molecule has 1 fully saturated rings. The van der Waals surface area contributed by atoms with Crippen LogP contribution in [0.1, 0.15) is 58.3 Å². The lowest BCUT2D eigenvalue weighted by Crippen LogP contribution is -2.45. The Morgan fingerprint density at radius 3 is 2.71 bits per heavy atom. The van der Waals surface area contributed by atoms with E-state index in [1.807, 2.05) is 11.8 Å². The molecule has 2 aliphatic carbocycles. The number of carbonyl (C=O) groups is 2. The smallest absolute Gasteiger partial charge is 0.320 e. The van der Waals surface area contributed by atoms with Gasteiger partial charge in [-0.15, -0.1) is 0 Å². The molecule has 0 aliphatic heterocycles. The van der Waals surface area contributed by atoms with Gasteiger partial charge in [-0.1, -0.05) is 19.4 Å². The molecule has 1 unspecified atom stereocenters. The molecule has 0 heterocycles. The molecule has 5 heteroatoms. The van der Waals surface area contributed by atoms with Gasteiger partial charge in [0, 0.05) is 11.7 Å². The van der Waals surface area contributed by atoms with Gasteiger partial charge in [0.05, 0.1) is 6.54 Å². The minimum Gasteiger partial charge on any atom is -0.480 e.